The van der Waals surface area contributed by atoms with Gasteiger partial charge in [-0.05, 0) is 19.1 Å². The van der Waals surface area contributed by atoms with Gasteiger partial charge in [-0.3, -0.25) is 0 Å². The largest absolute Gasteiger partial charge is 0.333 e. The van der Waals surface area contributed by atoms with Crippen LogP contribution in [0.25, 0.3) is 10.3 Å². The van der Waals surface area contributed by atoms with E-state index in [1.54, 1.807) is 0 Å². The van der Waals surface area contributed by atoms with E-state index in [0.29, 0.717) is 8.59 Å². The molecule has 2 heterocycles. The number of hydrogen-bond acceptors (Lipinski definition) is 4. The van der Waals surface area contributed by atoms with E-state index in [4.69, 9.17) is 24.4 Å². The van der Waals surface area contributed by atoms with Crippen molar-refractivity contribution in [2.24, 2.45) is 0 Å². The third-order valence-corrected chi connectivity index (χ3v) is 2.86. The first-order valence-corrected chi connectivity index (χ1v) is 4.90. The summed E-state index contributed by atoms with van der Waals surface area (Å²) in [4.78, 5) is 11.1. The number of hydrogen-bond donors (Lipinski definition) is 2. The Bertz CT molecular complexity index is 533. The quantitative estimate of drug-likeness (QED) is 0.664. The van der Waals surface area contributed by atoms with Crippen molar-refractivity contribution in [2.75, 3.05) is 0 Å². The fourth-order valence-corrected chi connectivity index (χ4v) is 2.42. The smallest absolute Gasteiger partial charge is 0.161 e. The molecule has 2 rings (SSSR count). The molecule has 12 heavy (non-hydrogen) atoms. The van der Waals surface area contributed by atoms with Crippen molar-refractivity contribution in [3.63, 3.8) is 0 Å². The summed E-state index contributed by atoms with van der Waals surface area (Å²) < 4.78 is 1.38. The minimum Gasteiger partial charge on any atom is -0.333 e. The van der Waals surface area contributed by atoms with E-state index < -0.39 is 0 Å². The van der Waals surface area contributed by atoms with E-state index in [1.165, 1.54) is 11.3 Å². The fraction of sp³-hybridized carbons (Fsp3) is 0.167. The van der Waals surface area contributed by atoms with Gasteiger partial charge >= 0.3 is 0 Å². The molecule has 0 saturated carbocycles. The Morgan fingerprint density at radius 1 is 1.33 bits per heavy atom. The SMILES string of the molecule is Cc1nc2sc(=S)[nH]c2c(=S)[nH]1. The van der Waals surface area contributed by atoms with Crippen molar-refractivity contribution in [3.05, 3.63) is 14.4 Å². The molecule has 0 unspecified atom stereocenters. The van der Waals surface area contributed by atoms with Crippen molar-refractivity contribution < 1.29 is 0 Å². The third kappa shape index (κ3) is 1.21. The first kappa shape index (κ1) is 8.03. The van der Waals surface area contributed by atoms with Crippen LogP contribution in [0.15, 0.2) is 0 Å². The van der Waals surface area contributed by atoms with Crippen LogP contribution in [0.3, 0.4) is 0 Å². The van der Waals surface area contributed by atoms with Crippen LogP contribution in [-0.4, -0.2) is 15.0 Å². The van der Waals surface area contributed by atoms with E-state index in [0.717, 1.165) is 16.2 Å². The molecule has 0 aliphatic heterocycles. The van der Waals surface area contributed by atoms with Crippen molar-refractivity contribution in [2.45, 2.75) is 6.92 Å². The van der Waals surface area contributed by atoms with Crippen LogP contribution < -0.4 is 0 Å². The molecular weight excluding hydrogens is 210 g/mol. The zero-order valence-electron chi connectivity index (χ0n) is 6.17. The molecule has 0 spiro atoms. The number of aryl methyl sites for hydroxylation is 1. The number of aromatic nitrogens is 3. The van der Waals surface area contributed by atoms with Crippen LogP contribution in [0.5, 0.6) is 0 Å². The molecule has 0 fully saturated rings. The summed E-state index contributed by atoms with van der Waals surface area (Å²) in [7, 11) is 0. The number of fused-ring (bicyclic) bond motifs is 1. The molecule has 2 N–H and O–H groups in total. The van der Waals surface area contributed by atoms with Crippen molar-refractivity contribution in [1.82, 2.24) is 15.0 Å². The lowest BCUT2D eigenvalue weighted by molar-refractivity contribution is 1.08. The first-order valence-electron chi connectivity index (χ1n) is 3.26. The Labute approximate surface area is 82.5 Å². The molecule has 62 valence electrons. The Balaban J connectivity index is 3.08. The number of rotatable bonds is 0. The average molecular weight is 215 g/mol. The van der Waals surface area contributed by atoms with Crippen molar-refractivity contribution in [1.29, 1.82) is 0 Å². The number of aromatic amines is 2. The van der Waals surface area contributed by atoms with Crippen molar-refractivity contribution >= 4 is 46.1 Å². The summed E-state index contributed by atoms with van der Waals surface area (Å²) in [5.74, 6) is 0.817. The normalized spacial score (nSPS) is 10.8. The van der Waals surface area contributed by atoms with Gasteiger partial charge in [-0.1, -0.05) is 23.6 Å². The van der Waals surface area contributed by atoms with Gasteiger partial charge in [0.1, 0.15) is 20.8 Å². The molecule has 0 saturated heterocycles. The van der Waals surface area contributed by atoms with Gasteiger partial charge in [-0.15, -0.1) is 0 Å². The molecule has 0 aliphatic carbocycles. The maximum absolute atomic E-state index is 5.09. The number of nitrogens with zero attached hydrogens (tertiary/aromatic N) is 1. The molecule has 0 amide bonds. The molecule has 2 aromatic rings. The number of nitrogens with one attached hydrogen (secondary N) is 2. The highest BCUT2D eigenvalue weighted by molar-refractivity contribution is 7.73. The second-order valence-electron chi connectivity index (χ2n) is 2.35. The van der Waals surface area contributed by atoms with Gasteiger partial charge in [0, 0.05) is 0 Å². The van der Waals surface area contributed by atoms with Crippen LogP contribution in [0.2, 0.25) is 0 Å². The van der Waals surface area contributed by atoms with E-state index in [-0.39, 0.29) is 0 Å². The molecule has 6 heteroatoms. The molecule has 0 aliphatic rings. The van der Waals surface area contributed by atoms with Gasteiger partial charge in [0.25, 0.3) is 0 Å². The van der Waals surface area contributed by atoms with Crippen LogP contribution in [0, 0.1) is 15.5 Å². The van der Waals surface area contributed by atoms with Gasteiger partial charge < -0.3 is 9.97 Å². The third-order valence-electron chi connectivity index (χ3n) is 1.42. The summed E-state index contributed by atoms with van der Waals surface area (Å²) in [6.07, 6.45) is 0. The molecule has 3 nitrogen and oxygen atoms in total. The highest BCUT2D eigenvalue weighted by Crippen LogP contribution is 2.16. The zero-order chi connectivity index (χ0) is 8.72. The molecule has 0 aromatic carbocycles. The van der Waals surface area contributed by atoms with Gasteiger partial charge in [0.05, 0.1) is 0 Å². The molecule has 0 radical (unpaired) electrons. The zero-order valence-corrected chi connectivity index (χ0v) is 8.62. The lowest BCUT2D eigenvalue weighted by atomic mass is 10.5. The van der Waals surface area contributed by atoms with Gasteiger partial charge in [0.2, 0.25) is 0 Å². The van der Waals surface area contributed by atoms with Crippen LogP contribution in [-0.2, 0) is 0 Å². The summed E-state index contributed by atoms with van der Waals surface area (Å²) in [6.45, 7) is 1.87. The molecule has 0 bridgehead atoms. The topological polar surface area (TPSA) is 44.5 Å². The minimum atomic E-state index is 0.671. The Hall–Kier alpha value is -0.590. The maximum Gasteiger partial charge on any atom is 0.161 e. The summed E-state index contributed by atoms with van der Waals surface area (Å²) in [6, 6.07) is 0. The lowest BCUT2D eigenvalue weighted by Gasteiger charge is -1.91. The number of H-pyrrole nitrogens is 2. The van der Waals surface area contributed by atoms with E-state index in [2.05, 4.69) is 15.0 Å². The average Bonchev–Trinajstić information content (AvgIpc) is 2.29. The predicted octanol–water partition coefficient (Wildman–Crippen LogP) is 2.72. The van der Waals surface area contributed by atoms with Gasteiger partial charge in [0.15, 0.2) is 3.95 Å². The maximum atomic E-state index is 5.09. The Morgan fingerprint density at radius 3 is 2.83 bits per heavy atom. The van der Waals surface area contributed by atoms with E-state index in [1.807, 2.05) is 6.92 Å². The van der Waals surface area contributed by atoms with Crippen LogP contribution >= 0.6 is 35.8 Å². The van der Waals surface area contributed by atoms with Gasteiger partial charge in [-0.2, -0.15) is 0 Å². The second-order valence-corrected chi connectivity index (χ2v) is 4.42. The molecule has 0 atom stereocenters. The van der Waals surface area contributed by atoms with Crippen molar-refractivity contribution in [3.8, 4) is 0 Å². The predicted molar refractivity (Wildman–Crippen MR) is 54.7 cm³/mol. The Morgan fingerprint density at radius 2 is 2.08 bits per heavy atom. The van der Waals surface area contributed by atoms with Crippen LogP contribution in [0.1, 0.15) is 5.82 Å². The highest BCUT2D eigenvalue weighted by Gasteiger charge is 2.00. The second kappa shape index (κ2) is 2.72. The first-order chi connectivity index (χ1) is 5.66. The van der Waals surface area contributed by atoms with E-state index in [9.17, 15) is 0 Å². The Kier molecular flexibility index (Phi) is 1.82. The molecular formula is C6H5N3S3. The minimum absolute atomic E-state index is 0.671. The standard InChI is InChI=1S/C6H5N3S3/c1-2-7-4(10)3-5(8-2)12-6(11)9-3/h1H3,(H,9,11)(H,7,8,10). The monoisotopic (exact) mass is 215 g/mol. The molecule has 2 aromatic heterocycles. The van der Waals surface area contributed by atoms with Crippen LogP contribution in [0.4, 0.5) is 0 Å². The highest BCUT2D eigenvalue weighted by atomic mass is 32.1. The summed E-state index contributed by atoms with van der Waals surface area (Å²) in [5.41, 5.74) is 0.839. The van der Waals surface area contributed by atoms with Gasteiger partial charge in [-0.25, -0.2) is 4.98 Å². The number of thiazole rings is 1. The fourth-order valence-electron chi connectivity index (χ4n) is 0.960. The lowest BCUT2D eigenvalue weighted by Crippen LogP contribution is -1.86. The summed E-state index contributed by atoms with van der Waals surface area (Å²) in [5, 5.41) is 0. The summed E-state index contributed by atoms with van der Waals surface area (Å²) >= 11 is 11.5. The van der Waals surface area contributed by atoms with E-state index >= 15 is 0 Å².